The number of nitrogens with zero attached hydrogens (tertiary/aromatic N) is 4. The van der Waals surface area contributed by atoms with Crippen molar-refractivity contribution in [2.24, 2.45) is 0 Å². The van der Waals surface area contributed by atoms with Gasteiger partial charge < -0.3 is 18.7 Å². The molecule has 0 N–H and O–H groups in total. The van der Waals surface area contributed by atoms with E-state index >= 15 is 0 Å². The molecule has 1 saturated heterocycles. The average Bonchev–Trinajstić information content (AvgIpc) is 3.40. The van der Waals surface area contributed by atoms with E-state index in [2.05, 4.69) is 15.3 Å². The highest BCUT2D eigenvalue weighted by molar-refractivity contribution is 6.29. The summed E-state index contributed by atoms with van der Waals surface area (Å²) in [5.41, 5.74) is 1.16. The fraction of sp³-hybridized carbons (Fsp3) is 0.429. The fourth-order valence-electron chi connectivity index (χ4n) is 3.52. The minimum atomic E-state index is -0.193. The highest BCUT2D eigenvalue weighted by Crippen LogP contribution is 2.30. The number of amides is 1. The number of benzene rings is 1. The van der Waals surface area contributed by atoms with E-state index < -0.39 is 0 Å². The van der Waals surface area contributed by atoms with Gasteiger partial charge in [0.1, 0.15) is 11.5 Å². The van der Waals surface area contributed by atoms with Gasteiger partial charge in [-0.05, 0) is 38.3 Å². The zero-order valence-corrected chi connectivity index (χ0v) is 17.5. The van der Waals surface area contributed by atoms with Crippen molar-refractivity contribution in [1.82, 2.24) is 20.2 Å². The maximum Gasteiger partial charge on any atom is 0.264 e. The summed E-state index contributed by atoms with van der Waals surface area (Å²) in [5, 5.41) is 8.04. The van der Waals surface area contributed by atoms with Gasteiger partial charge in [-0.1, -0.05) is 39.6 Å². The van der Waals surface area contributed by atoms with E-state index in [1.54, 1.807) is 6.07 Å². The summed E-state index contributed by atoms with van der Waals surface area (Å²) in [6.45, 7) is 2.87. The Morgan fingerprint density at radius 2 is 2.07 bits per heavy atom. The molecule has 0 radical (unpaired) electrons. The Balaban J connectivity index is 1.37. The second kappa shape index (κ2) is 9.30. The van der Waals surface area contributed by atoms with Gasteiger partial charge in [0, 0.05) is 25.5 Å². The lowest BCUT2D eigenvalue weighted by molar-refractivity contribution is -0.135. The first-order valence-electron chi connectivity index (χ1n) is 10.0. The number of ether oxygens (including phenoxy) is 1. The Bertz CT molecular complexity index is 985. The van der Waals surface area contributed by atoms with Crippen molar-refractivity contribution >= 4 is 17.5 Å². The molecule has 1 fully saturated rings. The Morgan fingerprint density at radius 1 is 1.23 bits per heavy atom. The average molecular weight is 431 g/mol. The van der Waals surface area contributed by atoms with Crippen LogP contribution in [0, 0.1) is 6.92 Å². The van der Waals surface area contributed by atoms with Gasteiger partial charge >= 0.3 is 0 Å². The fourth-order valence-corrected chi connectivity index (χ4v) is 3.68. The highest BCUT2D eigenvalue weighted by atomic mass is 35.5. The van der Waals surface area contributed by atoms with Crippen LogP contribution in [0.5, 0.6) is 5.75 Å². The van der Waals surface area contributed by atoms with Crippen LogP contribution in [0.3, 0.4) is 0 Å². The Labute approximate surface area is 179 Å². The van der Waals surface area contributed by atoms with Crippen LogP contribution in [0.1, 0.15) is 54.8 Å². The van der Waals surface area contributed by atoms with Crippen molar-refractivity contribution in [3.63, 3.8) is 0 Å². The quantitative estimate of drug-likeness (QED) is 0.551. The summed E-state index contributed by atoms with van der Waals surface area (Å²) in [7, 11) is 0. The molecule has 4 rings (SSSR count). The van der Waals surface area contributed by atoms with E-state index in [1.807, 2.05) is 36.1 Å². The molecule has 0 bridgehead atoms. The van der Waals surface area contributed by atoms with Gasteiger partial charge in [0.2, 0.25) is 5.91 Å². The predicted octanol–water partition coefficient (Wildman–Crippen LogP) is 4.28. The summed E-state index contributed by atoms with van der Waals surface area (Å²) >= 11 is 5.76. The molecule has 1 amide bonds. The molecule has 158 valence electrons. The molecule has 1 aliphatic heterocycles. The number of hydrogen-bond acceptors (Lipinski definition) is 7. The van der Waals surface area contributed by atoms with Crippen LogP contribution in [-0.4, -0.2) is 32.6 Å². The van der Waals surface area contributed by atoms with Gasteiger partial charge in [0.25, 0.3) is 5.89 Å². The summed E-state index contributed by atoms with van der Waals surface area (Å²) in [4.78, 5) is 19.1. The third kappa shape index (κ3) is 4.99. The third-order valence-corrected chi connectivity index (χ3v) is 5.28. The van der Waals surface area contributed by atoms with Crippen LogP contribution in [0.25, 0.3) is 0 Å². The topological polar surface area (TPSA) is 94.5 Å². The first kappa shape index (κ1) is 20.4. The molecular formula is C21H23ClN4O4. The number of carbonyl (C=O) groups excluding carboxylic acids is 1. The number of piperidine rings is 1. The van der Waals surface area contributed by atoms with Crippen LogP contribution >= 0.6 is 11.6 Å². The number of rotatable bonds is 7. The SMILES string of the molecule is Cc1ccc(OCc2nc(C3CCCCN3C(=O)CCc3cc(Cl)no3)no2)cc1. The number of halogens is 1. The van der Waals surface area contributed by atoms with E-state index in [4.69, 9.17) is 25.4 Å². The highest BCUT2D eigenvalue weighted by Gasteiger charge is 2.31. The standard InChI is InChI=1S/C21H23ClN4O4/c1-14-5-7-15(8-6-14)28-13-19-23-21(25-30-19)17-4-2-3-11-26(17)20(27)10-9-16-12-18(22)24-29-16/h5-8,12,17H,2-4,9-11,13H2,1H3. The Kier molecular flexibility index (Phi) is 6.32. The third-order valence-electron chi connectivity index (χ3n) is 5.10. The normalized spacial score (nSPS) is 16.6. The molecule has 2 aromatic heterocycles. The molecule has 1 aromatic carbocycles. The Morgan fingerprint density at radius 3 is 2.83 bits per heavy atom. The van der Waals surface area contributed by atoms with Crippen molar-refractivity contribution in [2.45, 2.75) is 51.7 Å². The second-order valence-electron chi connectivity index (χ2n) is 7.36. The molecule has 1 atom stereocenters. The van der Waals surface area contributed by atoms with Gasteiger partial charge in [0.05, 0.1) is 6.04 Å². The lowest BCUT2D eigenvalue weighted by Crippen LogP contribution is -2.39. The number of aromatic nitrogens is 3. The molecule has 0 aliphatic carbocycles. The molecule has 3 heterocycles. The monoisotopic (exact) mass is 430 g/mol. The van der Waals surface area contributed by atoms with Gasteiger partial charge in [0.15, 0.2) is 17.6 Å². The largest absolute Gasteiger partial charge is 0.484 e. The molecule has 1 aliphatic rings. The lowest BCUT2D eigenvalue weighted by Gasteiger charge is -2.33. The van der Waals surface area contributed by atoms with E-state index in [0.29, 0.717) is 42.0 Å². The van der Waals surface area contributed by atoms with Gasteiger partial charge in [-0.15, -0.1) is 0 Å². The minimum absolute atomic E-state index is 0.0227. The first-order chi connectivity index (χ1) is 14.6. The van der Waals surface area contributed by atoms with Crippen molar-refractivity contribution in [1.29, 1.82) is 0 Å². The van der Waals surface area contributed by atoms with Crippen LogP contribution in [0.4, 0.5) is 0 Å². The summed E-state index contributed by atoms with van der Waals surface area (Å²) in [5.74, 6) is 2.27. The molecule has 8 nitrogen and oxygen atoms in total. The first-order valence-corrected chi connectivity index (χ1v) is 10.4. The molecule has 0 saturated carbocycles. The molecule has 30 heavy (non-hydrogen) atoms. The van der Waals surface area contributed by atoms with Crippen molar-refractivity contribution in [3.05, 3.63) is 58.5 Å². The van der Waals surface area contributed by atoms with Gasteiger partial charge in [-0.2, -0.15) is 4.98 Å². The number of likely N-dealkylation sites (tertiary alicyclic amines) is 1. The van der Waals surface area contributed by atoms with Crippen molar-refractivity contribution in [3.8, 4) is 5.75 Å². The van der Waals surface area contributed by atoms with E-state index in [9.17, 15) is 4.79 Å². The Hall–Kier alpha value is -2.87. The summed E-state index contributed by atoms with van der Waals surface area (Å²) in [6, 6.07) is 9.19. The molecular weight excluding hydrogens is 408 g/mol. The smallest absolute Gasteiger partial charge is 0.264 e. The summed E-state index contributed by atoms with van der Waals surface area (Å²) in [6.07, 6.45) is 3.53. The van der Waals surface area contributed by atoms with Crippen LogP contribution in [0.15, 0.2) is 39.4 Å². The predicted molar refractivity (Wildman–Crippen MR) is 108 cm³/mol. The maximum absolute atomic E-state index is 12.8. The van der Waals surface area contributed by atoms with E-state index in [-0.39, 0.29) is 18.6 Å². The molecule has 1 unspecified atom stereocenters. The van der Waals surface area contributed by atoms with Gasteiger partial charge in [-0.25, -0.2) is 0 Å². The molecule has 3 aromatic rings. The number of carbonyl (C=O) groups is 1. The van der Waals surface area contributed by atoms with Gasteiger partial charge in [-0.3, -0.25) is 4.79 Å². The van der Waals surface area contributed by atoms with Crippen LogP contribution in [-0.2, 0) is 17.8 Å². The molecule has 9 heteroatoms. The lowest BCUT2D eigenvalue weighted by atomic mass is 10.0. The number of aryl methyl sites for hydroxylation is 2. The van der Waals surface area contributed by atoms with E-state index in [0.717, 1.165) is 30.6 Å². The zero-order valence-electron chi connectivity index (χ0n) is 16.7. The number of hydrogen-bond donors (Lipinski definition) is 0. The van der Waals surface area contributed by atoms with Crippen molar-refractivity contribution < 1.29 is 18.6 Å². The van der Waals surface area contributed by atoms with Crippen LogP contribution < -0.4 is 4.74 Å². The maximum atomic E-state index is 12.8. The second-order valence-corrected chi connectivity index (χ2v) is 7.75. The molecule has 0 spiro atoms. The summed E-state index contributed by atoms with van der Waals surface area (Å²) < 4.78 is 16.1. The minimum Gasteiger partial charge on any atom is -0.484 e. The zero-order chi connectivity index (χ0) is 20.9. The van der Waals surface area contributed by atoms with Crippen LogP contribution in [0.2, 0.25) is 5.15 Å². The van der Waals surface area contributed by atoms with E-state index in [1.165, 1.54) is 0 Å². The van der Waals surface area contributed by atoms with Crippen molar-refractivity contribution in [2.75, 3.05) is 6.54 Å².